The molecule has 3 fully saturated rings. The number of carbonyl (C=O) groups excluding carboxylic acids is 1. The number of benzene rings is 1. The van der Waals surface area contributed by atoms with Crippen LogP contribution in [-0.2, 0) is 11.3 Å². The van der Waals surface area contributed by atoms with Crippen molar-refractivity contribution in [3.63, 3.8) is 0 Å². The lowest BCUT2D eigenvalue weighted by Gasteiger charge is -2.63. The van der Waals surface area contributed by atoms with E-state index < -0.39 is 16.2 Å². The van der Waals surface area contributed by atoms with Crippen LogP contribution in [0.2, 0.25) is 0 Å². The molecule has 2 saturated heterocycles. The maximum atomic E-state index is 13.1. The molecule has 27 heavy (non-hydrogen) atoms. The van der Waals surface area contributed by atoms with Crippen molar-refractivity contribution in [2.45, 2.75) is 38.6 Å². The molecule has 2 bridgehead atoms. The van der Waals surface area contributed by atoms with Crippen molar-refractivity contribution in [2.24, 2.45) is 16.2 Å². The number of rotatable bonds is 2. The lowest BCUT2D eigenvalue weighted by Crippen LogP contribution is -2.77. The van der Waals surface area contributed by atoms with Gasteiger partial charge in [0, 0.05) is 25.0 Å². The zero-order chi connectivity index (χ0) is 19.1. The summed E-state index contributed by atoms with van der Waals surface area (Å²) >= 11 is 5.58. The number of nitrogens with zero attached hydrogens (tertiary/aromatic N) is 3. The summed E-state index contributed by atoms with van der Waals surface area (Å²) in [5, 5.41) is 23.3. The van der Waals surface area contributed by atoms with Crippen LogP contribution in [-0.4, -0.2) is 28.9 Å². The lowest BCUT2D eigenvalue weighted by atomic mass is 9.42. The summed E-state index contributed by atoms with van der Waals surface area (Å²) in [4.78, 5) is 15.5. The van der Waals surface area contributed by atoms with Gasteiger partial charge in [-0.15, -0.1) is 0 Å². The molecule has 6 heteroatoms. The predicted molar refractivity (Wildman–Crippen MR) is 104 cm³/mol. The fourth-order valence-electron chi connectivity index (χ4n) is 5.64. The molecule has 0 radical (unpaired) electrons. The van der Waals surface area contributed by atoms with Gasteiger partial charge in [-0.25, -0.2) is 0 Å². The van der Waals surface area contributed by atoms with E-state index in [2.05, 4.69) is 22.4 Å². The van der Waals surface area contributed by atoms with Gasteiger partial charge in [0.2, 0.25) is 5.91 Å². The van der Waals surface area contributed by atoms with Crippen molar-refractivity contribution in [3.8, 4) is 12.1 Å². The molecule has 1 aromatic rings. The summed E-state index contributed by atoms with van der Waals surface area (Å²) in [5.74, 6) is -0.319. The number of thiocarbonyl (C=S) groups is 1. The van der Waals surface area contributed by atoms with E-state index in [9.17, 15) is 15.3 Å². The first kappa shape index (κ1) is 18.1. The number of carbonyl (C=O) groups is 1. The topological polar surface area (TPSA) is 79.9 Å². The highest BCUT2D eigenvalue weighted by Gasteiger charge is 2.74. The van der Waals surface area contributed by atoms with E-state index >= 15 is 0 Å². The van der Waals surface area contributed by atoms with E-state index in [4.69, 9.17) is 12.2 Å². The van der Waals surface area contributed by atoms with Crippen LogP contribution in [0, 0.1) is 38.9 Å². The Kier molecular flexibility index (Phi) is 4.29. The third-order valence-corrected chi connectivity index (χ3v) is 7.35. The molecule has 1 aliphatic carbocycles. The molecule has 1 saturated carbocycles. The van der Waals surface area contributed by atoms with Crippen LogP contribution in [0.1, 0.15) is 37.7 Å². The average Bonchev–Trinajstić information content (AvgIpc) is 2.69. The SMILES string of the molecule is N#C[C@]12CN(Cc3ccccc3)C[C@](C#N)(C(=S)NC1=O)C21CCCCC1. The Bertz CT molecular complexity index is 820. The Morgan fingerprint density at radius 1 is 1.04 bits per heavy atom. The standard InChI is InChI=1S/C21H22N4OS/c22-12-19-14-25(11-16-7-3-1-4-8-16)15-20(13-23,18(27)24-17(19)26)21(19)9-5-2-6-10-21/h1,3-4,7-8H,2,5-6,9-11,14-15H2,(H,24,26,27)/t19-,20+/m0/s1. The Morgan fingerprint density at radius 2 is 1.67 bits per heavy atom. The number of amides is 1. The number of hydrogen-bond acceptors (Lipinski definition) is 5. The third-order valence-electron chi connectivity index (χ3n) is 6.90. The van der Waals surface area contributed by atoms with Gasteiger partial charge in [0.25, 0.3) is 0 Å². The minimum absolute atomic E-state index is 0.306. The Morgan fingerprint density at radius 3 is 2.30 bits per heavy atom. The van der Waals surface area contributed by atoms with Crippen molar-refractivity contribution < 1.29 is 4.79 Å². The smallest absolute Gasteiger partial charge is 0.247 e. The molecule has 2 heterocycles. The van der Waals surface area contributed by atoms with Crippen molar-refractivity contribution >= 4 is 23.1 Å². The number of hydrogen-bond donors (Lipinski definition) is 1. The molecule has 5 nitrogen and oxygen atoms in total. The van der Waals surface area contributed by atoms with Gasteiger partial charge < -0.3 is 5.32 Å². The Hall–Kier alpha value is -2.28. The van der Waals surface area contributed by atoms with Crippen molar-refractivity contribution in [1.82, 2.24) is 10.2 Å². The number of nitriles is 2. The van der Waals surface area contributed by atoms with Crippen molar-refractivity contribution in [2.75, 3.05) is 13.1 Å². The van der Waals surface area contributed by atoms with Crippen LogP contribution in [0.15, 0.2) is 30.3 Å². The second-order valence-corrected chi connectivity index (χ2v) is 8.50. The zero-order valence-corrected chi connectivity index (χ0v) is 16.0. The quantitative estimate of drug-likeness (QED) is 0.801. The molecule has 1 amide bonds. The summed E-state index contributed by atoms with van der Waals surface area (Å²) in [6.07, 6.45) is 4.36. The molecule has 4 rings (SSSR count). The molecule has 1 N–H and O–H groups in total. The Labute approximate surface area is 165 Å². The first-order valence-electron chi connectivity index (χ1n) is 9.48. The number of piperidine rings is 2. The van der Waals surface area contributed by atoms with Crippen LogP contribution >= 0.6 is 12.2 Å². The average molecular weight is 379 g/mol. The summed E-state index contributed by atoms with van der Waals surface area (Å²) in [6.45, 7) is 1.40. The van der Waals surface area contributed by atoms with Gasteiger partial charge in [-0.2, -0.15) is 10.5 Å². The molecule has 0 aromatic heterocycles. The van der Waals surface area contributed by atoms with Gasteiger partial charge in [0.05, 0.1) is 12.1 Å². The molecule has 3 aliphatic rings. The normalized spacial score (nSPS) is 32.4. The van der Waals surface area contributed by atoms with Gasteiger partial charge in [-0.05, 0) is 18.4 Å². The lowest BCUT2D eigenvalue weighted by molar-refractivity contribution is -0.158. The molecular weight excluding hydrogens is 356 g/mol. The maximum absolute atomic E-state index is 13.1. The highest BCUT2D eigenvalue weighted by Crippen LogP contribution is 2.65. The van der Waals surface area contributed by atoms with Crippen LogP contribution < -0.4 is 5.32 Å². The molecule has 1 aromatic carbocycles. The van der Waals surface area contributed by atoms with E-state index in [1.54, 1.807) is 0 Å². The summed E-state index contributed by atoms with van der Waals surface area (Å²) in [7, 11) is 0. The fourth-order valence-corrected chi connectivity index (χ4v) is 6.04. The Balaban J connectivity index is 1.84. The van der Waals surface area contributed by atoms with Gasteiger partial charge in [0.1, 0.15) is 10.4 Å². The molecule has 1 spiro atoms. The highest BCUT2D eigenvalue weighted by molar-refractivity contribution is 7.80. The largest absolute Gasteiger partial charge is 0.318 e. The number of nitrogens with one attached hydrogen (secondary N) is 1. The molecule has 2 atom stereocenters. The summed E-state index contributed by atoms with van der Waals surface area (Å²) in [6, 6.07) is 14.9. The van der Waals surface area contributed by atoms with Crippen LogP contribution in [0.25, 0.3) is 0 Å². The summed E-state index contributed by atoms with van der Waals surface area (Å²) in [5.41, 5.74) is -1.82. The van der Waals surface area contributed by atoms with E-state index in [0.717, 1.165) is 24.8 Å². The van der Waals surface area contributed by atoms with E-state index in [-0.39, 0.29) is 5.91 Å². The molecule has 0 unspecified atom stereocenters. The second kappa shape index (κ2) is 6.41. The highest BCUT2D eigenvalue weighted by atomic mass is 32.1. The van der Waals surface area contributed by atoms with Gasteiger partial charge in [-0.3, -0.25) is 9.69 Å². The van der Waals surface area contributed by atoms with E-state index in [1.807, 2.05) is 30.3 Å². The van der Waals surface area contributed by atoms with Crippen molar-refractivity contribution in [3.05, 3.63) is 35.9 Å². The monoisotopic (exact) mass is 378 g/mol. The van der Waals surface area contributed by atoms with E-state index in [1.165, 1.54) is 0 Å². The van der Waals surface area contributed by atoms with Gasteiger partial charge >= 0.3 is 0 Å². The zero-order valence-electron chi connectivity index (χ0n) is 15.2. The van der Waals surface area contributed by atoms with Gasteiger partial charge in [0.15, 0.2) is 5.41 Å². The minimum atomic E-state index is -1.24. The van der Waals surface area contributed by atoms with Crippen molar-refractivity contribution in [1.29, 1.82) is 10.5 Å². The third kappa shape index (κ3) is 2.30. The van der Waals surface area contributed by atoms with Crippen LogP contribution in [0.5, 0.6) is 0 Å². The maximum Gasteiger partial charge on any atom is 0.247 e. The van der Waals surface area contributed by atoms with E-state index in [0.29, 0.717) is 37.5 Å². The second-order valence-electron chi connectivity index (χ2n) is 8.09. The first-order chi connectivity index (χ1) is 13.0. The first-order valence-corrected chi connectivity index (χ1v) is 9.89. The molecular formula is C21H22N4OS. The minimum Gasteiger partial charge on any atom is -0.318 e. The van der Waals surface area contributed by atoms with Gasteiger partial charge in [-0.1, -0.05) is 61.8 Å². The number of likely N-dealkylation sites (tertiary alicyclic amines) is 1. The van der Waals surface area contributed by atoms with Crippen LogP contribution in [0.3, 0.4) is 0 Å². The molecule has 138 valence electrons. The fraction of sp³-hybridized carbons (Fsp3) is 0.524. The molecule has 2 aliphatic heterocycles. The van der Waals surface area contributed by atoms with Crippen LogP contribution in [0.4, 0.5) is 0 Å². The predicted octanol–water partition coefficient (Wildman–Crippen LogP) is 2.93. The summed E-state index contributed by atoms with van der Waals surface area (Å²) < 4.78 is 0.